The molecule has 0 amide bonds. The number of halogens is 2. The standard InChI is InChI=1S/C11H10Cl2N2OS/c12-9-2-1-8(3-10(9)13)16-5-7-6-17-11(4-14)15-7/h1-3,6H,4-5,14H2. The number of benzene rings is 1. The summed E-state index contributed by atoms with van der Waals surface area (Å²) in [5.74, 6) is 0.668. The summed E-state index contributed by atoms with van der Waals surface area (Å²) in [4.78, 5) is 4.29. The van der Waals surface area contributed by atoms with E-state index in [-0.39, 0.29) is 0 Å². The summed E-state index contributed by atoms with van der Waals surface area (Å²) < 4.78 is 5.55. The maximum absolute atomic E-state index is 5.88. The van der Waals surface area contributed by atoms with Crippen LogP contribution in [0.4, 0.5) is 0 Å². The molecule has 1 heterocycles. The third-order valence-corrected chi connectivity index (χ3v) is 3.71. The normalized spacial score (nSPS) is 10.5. The highest BCUT2D eigenvalue weighted by Crippen LogP contribution is 2.26. The number of nitrogens with two attached hydrogens (primary N) is 1. The van der Waals surface area contributed by atoms with Crippen LogP contribution in [-0.4, -0.2) is 4.98 Å². The van der Waals surface area contributed by atoms with E-state index in [0.29, 0.717) is 28.9 Å². The maximum Gasteiger partial charge on any atom is 0.131 e. The number of nitrogens with zero attached hydrogens (tertiary/aromatic N) is 1. The Bertz CT molecular complexity index is 516. The van der Waals surface area contributed by atoms with E-state index in [2.05, 4.69) is 4.98 Å². The van der Waals surface area contributed by atoms with Crippen molar-refractivity contribution in [1.29, 1.82) is 0 Å². The fourth-order valence-corrected chi connectivity index (χ4v) is 2.18. The van der Waals surface area contributed by atoms with Crippen LogP contribution >= 0.6 is 34.5 Å². The lowest BCUT2D eigenvalue weighted by molar-refractivity contribution is 0.302. The molecule has 0 saturated carbocycles. The fourth-order valence-electron chi connectivity index (χ4n) is 1.23. The lowest BCUT2D eigenvalue weighted by Gasteiger charge is -2.05. The van der Waals surface area contributed by atoms with E-state index in [0.717, 1.165) is 10.7 Å². The van der Waals surface area contributed by atoms with E-state index in [1.54, 1.807) is 18.2 Å². The van der Waals surface area contributed by atoms with Gasteiger partial charge in [-0.3, -0.25) is 0 Å². The summed E-state index contributed by atoms with van der Waals surface area (Å²) in [6, 6.07) is 5.15. The molecule has 6 heteroatoms. The Labute approximate surface area is 113 Å². The molecule has 0 aliphatic heterocycles. The molecule has 2 N–H and O–H groups in total. The van der Waals surface area contributed by atoms with Gasteiger partial charge in [0.05, 0.1) is 15.7 Å². The Hall–Kier alpha value is -0.810. The first-order chi connectivity index (χ1) is 8.19. The van der Waals surface area contributed by atoms with Crippen LogP contribution < -0.4 is 10.5 Å². The van der Waals surface area contributed by atoms with Crippen molar-refractivity contribution in [2.75, 3.05) is 0 Å². The summed E-state index contributed by atoms with van der Waals surface area (Å²) in [6.45, 7) is 0.853. The molecule has 2 aromatic rings. The smallest absolute Gasteiger partial charge is 0.131 e. The van der Waals surface area contributed by atoms with E-state index in [1.807, 2.05) is 5.38 Å². The average molecular weight is 289 g/mol. The number of hydrogen-bond acceptors (Lipinski definition) is 4. The molecule has 0 aliphatic rings. The van der Waals surface area contributed by atoms with Crippen LogP contribution in [0.2, 0.25) is 10.0 Å². The number of ether oxygens (including phenoxy) is 1. The first-order valence-electron chi connectivity index (χ1n) is 4.90. The SMILES string of the molecule is NCc1nc(COc2ccc(Cl)c(Cl)c2)cs1. The van der Waals surface area contributed by atoms with Crippen molar-refractivity contribution >= 4 is 34.5 Å². The van der Waals surface area contributed by atoms with E-state index in [1.165, 1.54) is 11.3 Å². The number of hydrogen-bond donors (Lipinski definition) is 1. The van der Waals surface area contributed by atoms with Crippen LogP contribution in [0.25, 0.3) is 0 Å². The van der Waals surface area contributed by atoms with Gasteiger partial charge < -0.3 is 10.5 Å². The average Bonchev–Trinajstić information content (AvgIpc) is 2.79. The van der Waals surface area contributed by atoms with Crippen molar-refractivity contribution in [1.82, 2.24) is 4.98 Å². The summed E-state index contributed by atoms with van der Waals surface area (Å²) in [5.41, 5.74) is 6.34. The Morgan fingerprint density at radius 3 is 2.76 bits per heavy atom. The Morgan fingerprint density at radius 1 is 1.29 bits per heavy atom. The molecule has 0 aliphatic carbocycles. The van der Waals surface area contributed by atoms with Gasteiger partial charge in [-0.05, 0) is 12.1 Å². The number of rotatable bonds is 4. The predicted molar refractivity (Wildman–Crippen MR) is 70.8 cm³/mol. The molecule has 0 spiro atoms. The van der Waals surface area contributed by atoms with Gasteiger partial charge in [-0.25, -0.2) is 4.98 Å². The lowest BCUT2D eigenvalue weighted by atomic mass is 10.3. The van der Waals surface area contributed by atoms with Gasteiger partial charge in [-0.2, -0.15) is 0 Å². The van der Waals surface area contributed by atoms with Crippen molar-refractivity contribution in [3.8, 4) is 5.75 Å². The number of thiazole rings is 1. The minimum atomic E-state index is 0.397. The van der Waals surface area contributed by atoms with Crippen molar-refractivity contribution in [3.05, 3.63) is 44.3 Å². The molecule has 90 valence electrons. The quantitative estimate of drug-likeness (QED) is 0.937. The van der Waals surface area contributed by atoms with Gasteiger partial charge in [0, 0.05) is 18.0 Å². The molecule has 3 nitrogen and oxygen atoms in total. The second kappa shape index (κ2) is 5.69. The second-order valence-corrected chi connectivity index (χ2v) is 5.06. The zero-order chi connectivity index (χ0) is 12.3. The zero-order valence-corrected chi connectivity index (χ0v) is 11.1. The van der Waals surface area contributed by atoms with Crippen LogP contribution in [-0.2, 0) is 13.2 Å². The second-order valence-electron chi connectivity index (χ2n) is 3.30. The third kappa shape index (κ3) is 3.33. The van der Waals surface area contributed by atoms with Crippen molar-refractivity contribution in [2.45, 2.75) is 13.2 Å². The Kier molecular flexibility index (Phi) is 4.23. The summed E-state index contributed by atoms with van der Waals surface area (Å²) >= 11 is 13.2. The van der Waals surface area contributed by atoms with Gasteiger partial charge in [0.25, 0.3) is 0 Å². The molecule has 1 aromatic heterocycles. The summed E-state index contributed by atoms with van der Waals surface area (Å²) in [6.07, 6.45) is 0. The summed E-state index contributed by atoms with van der Waals surface area (Å²) in [7, 11) is 0. The first-order valence-corrected chi connectivity index (χ1v) is 6.54. The highest BCUT2D eigenvalue weighted by atomic mass is 35.5. The van der Waals surface area contributed by atoms with Gasteiger partial charge in [0.15, 0.2) is 0 Å². The minimum Gasteiger partial charge on any atom is -0.487 e. The van der Waals surface area contributed by atoms with Gasteiger partial charge >= 0.3 is 0 Å². The van der Waals surface area contributed by atoms with Crippen molar-refractivity contribution in [3.63, 3.8) is 0 Å². The molecule has 0 atom stereocenters. The Balaban J connectivity index is 1.99. The van der Waals surface area contributed by atoms with E-state index in [4.69, 9.17) is 33.7 Å². The van der Waals surface area contributed by atoms with Crippen LogP contribution in [0.5, 0.6) is 5.75 Å². The molecule has 0 radical (unpaired) electrons. The lowest BCUT2D eigenvalue weighted by Crippen LogP contribution is -1.98. The monoisotopic (exact) mass is 288 g/mol. The molecular formula is C11H10Cl2N2OS. The molecule has 1 aromatic carbocycles. The molecule has 17 heavy (non-hydrogen) atoms. The Morgan fingerprint density at radius 2 is 2.12 bits per heavy atom. The molecule has 0 bridgehead atoms. The fraction of sp³-hybridized carbons (Fsp3) is 0.182. The van der Waals surface area contributed by atoms with Crippen LogP contribution in [0.1, 0.15) is 10.7 Å². The van der Waals surface area contributed by atoms with Crippen molar-refractivity contribution in [2.24, 2.45) is 5.73 Å². The maximum atomic E-state index is 5.88. The predicted octanol–water partition coefficient (Wildman–Crippen LogP) is 3.49. The van der Waals surface area contributed by atoms with E-state index >= 15 is 0 Å². The van der Waals surface area contributed by atoms with Crippen molar-refractivity contribution < 1.29 is 4.74 Å². The zero-order valence-electron chi connectivity index (χ0n) is 8.82. The highest BCUT2D eigenvalue weighted by molar-refractivity contribution is 7.09. The largest absolute Gasteiger partial charge is 0.487 e. The molecule has 0 saturated heterocycles. The summed E-state index contributed by atoms with van der Waals surface area (Å²) in [5, 5.41) is 3.82. The number of aromatic nitrogens is 1. The van der Waals surface area contributed by atoms with Crippen LogP contribution in [0.3, 0.4) is 0 Å². The van der Waals surface area contributed by atoms with Gasteiger partial charge in [-0.1, -0.05) is 23.2 Å². The van der Waals surface area contributed by atoms with Gasteiger partial charge in [0.2, 0.25) is 0 Å². The van der Waals surface area contributed by atoms with Gasteiger partial charge in [-0.15, -0.1) is 11.3 Å². The highest BCUT2D eigenvalue weighted by Gasteiger charge is 2.03. The van der Waals surface area contributed by atoms with Crippen LogP contribution in [0.15, 0.2) is 23.6 Å². The third-order valence-electron chi connectivity index (χ3n) is 2.05. The topological polar surface area (TPSA) is 48.1 Å². The first kappa shape index (κ1) is 12.6. The van der Waals surface area contributed by atoms with Gasteiger partial charge in [0.1, 0.15) is 17.4 Å². The van der Waals surface area contributed by atoms with E-state index < -0.39 is 0 Å². The van der Waals surface area contributed by atoms with Crippen LogP contribution in [0, 0.1) is 0 Å². The molecule has 0 fully saturated rings. The molecular weight excluding hydrogens is 279 g/mol. The molecule has 0 unspecified atom stereocenters. The molecule has 2 rings (SSSR count). The van der Waals surface area contributed by atoms with E-state index in [9.17, 15) is 0 Å². The minimum absolute atomic E-state index is 0.397.